The van der Waals surface area contributed by atoms with E-state index in [0.717, 1.165) is 11.4 Å². The first-order chi connectivity index (χ1) is 21.6. The molecule has 0 atom stereocenters. The van der Waals surface area contributed by atoms with Crippen molar-refractivity contribution in [2.45, 2.75) is 11.8 Å². The van der Waals surface area contributed by atoms with Gasteiger partial charge in [0.25, 0.3) is 0 Å². The van der Waals surface area contributed by atoms with Crippen molar-refractivity contribution in [3.63, 3.8) is 0 Å². The maximum absolute atomic E-state index is 5.61. The summed E-state index contributed by atoms with van der Waals surface area (Å²) in [5, 5.41) is 7.51. The molecular formula is C41H31NOS. The fraction of sp³-hybridized carbons (Fsp3) is 0.0732. The van der Waals surface area contributed by atoms with Crippen LogP contribution in [0.5, 0.6) is 5.75 Å². The molecule has 1 aromatic heterocycles. The molecule has 0 aliphatic heterocycles. The molecule has 0 aliphatic rings. The van der Waals surface area contributed by atoms with E-state index in [1.54, 1.807) is 18.9 Å². The van der Waals surface area contributed by atoms with Crippen LogP contribution in [0.2, 0.25) is 0 Å². The number of benzene rings is 7. The SMILES string of the molecule is COc1ccc2c(c1)c1cc(SC)ccc1n2-c1ccc(-c2c3ccccc3c(-c3ccc(C)cc3)c3ccccc23)cc1. The lowest BCUT2D eigenvalue weighted by Crippen LogP contribution is -1.95. The number of hydrogen-bond donors (Lipinski definition) is 0. The average Bonchev–Trinajstić information content (AvgIpc) is 3.40. The Balaban J connectivity index is 1.35. The van der Waals surface area contributed by atoms with E-state index in [-0.39, 0.29) is 0 Å². The van der Waals surface area contributed by atoms with Crippen molar-refractivity contribution in [3.8, 4) is 33.7 Å². The first kappa shape index (κ1) is 26.6. The molecule has 0 aliphatic carbocycles. The molecule has 0 saturated heterocycles. The molecule has 7 aromatic carbocycles. The zero-order valence-electron chi connectivity index (χ0n) is 25.0. The van der Waals surface area contributed by atoms with Gasteiger partial charge in [0, 0.05) is 21.4 Å². The van der Waals surface area contributed by atoms with Crippen LogP contribution in [0.3, 0.4) is 0 Å². The van der Waals surface area contributed by atoms with E-state index in [2.05, 4.69) is 151 Å². The van der Waals surface area contributed by atoms with Crippen molar-refractivity contribution in [1.82, 2.24) is 4.57 Å². The number of fused-ring (bicyclic) bond motifs is 5. The minimum absolute atomic E-state index is 0.870. The number of aryl methyl sites for hydroxylation is 1. The molecule has 0 N–H and O–H groups in total. The highest BCUT2D eigenvalue weighted by molar-refractivity contribution is 7.98. The quantitative estimate of drug-likeness (QED) is 0.147. The summed E-state index contributed by atoms with van der Waals surface area (Å²) in [7, 11) is 1.73. The zero-order valence-corrected chi connectivity index (χ0v) is 25.8. The summed E-state index contributed by atoms with van der Waals surface area (Å²) in [6, 6.07) is 48.8. The molecule has 0 fully saturated rings. The molecular weight excluding hydrogens is 555 g/mol. The predicted octanol–water partition coefficient (Wildman–Crippen LogP) is 11.5. The maximum atomic E-state index is 5.61. The number of thioether (sulfide) groups is 1. The monoisotopic (exact) mass is 585 g/mol. The molecule has 0 spiro atoms. The summed E-state index contributed by atoms with van der Waals surface area (Å²) in [5.74, 6) is 0.870. The predicted molar refractivity (Wildman–Crippen MR) is 190 cm³/mol. The highest BCUT2D eigenvalue weighted by Gasteiger charge is 2.18. The van der Waals surface area contributed by atoms with Gasteiger partial charge >= 0.3 is 0 Å². The van der Waals surface area contributed by atoms with Crippen molar-refractivity contribution in [3.05, 3.63) is 139 Å². The third-order valence-electron chi connectivity index (χ3n) is 8.87. The Hall–Kier alpha value is -4.99. The molecule has 0 saturated carbocycles. The van der Waals surface area contributed by atoms with Crippen LogP contribution in [-0.4, -0.2) is 17.9 Å². The molecule has 0 unspecified atom stereocenters. The zero-order chi connectivity index (χ0) is 29.8. The lowest BCUT2D eigenvalue weighted by Gasteiger charge is -2.18. The van der Waals surface area contributed by atoms with Gasteiger partial charge in [-0.2, -0.15) is 0 Å². The Morgan fingerprint density at radius 3 is 1.55 bits per heavy atom. The van der Waals surface area contributed by atoms with Crippen molar-refractivity contribution >= 4 is 55.1 Å². The molecule has 0 bridgehead atoms. The summed E-state index contributed by atoms with van der Waals surface area (Å²) >= 11 is 1.77. The van der Waals surface area contributed by atoms with Gasteiger partial charge in [0.2, 0.25) is 0 Å². The van der Waals surface area contributed by atoms with Crippen LogP contribution in [0.1, 0.15) is 5.56 Å². The third kappa shape index (κ3) is 4.19. The Kier molecular flexibility index (Phi) is 6.43. The van der Waals surface area contributed by atoms with Crippen LogP contribution in [0.15, 0.2) is 138 Å². The summed E-state index contributed by atoms with van der Waals surface area (Å²) < 4.78 is 7.97. The number of methoxy groups -OCH3 is 1. The molecule has 0 amide bonds. The highest BCUT2D eigenvalue weighted by atomic mass is 32.2. The Labute approximate surface area is 261 Å². The van der Waals surface area contributed by atoms with E-state index in [4.69, 9.17) is 4.74 Å². The third-order valence-corrected chi connectivity index (χ3v) is 9.59. The molecule has 2 nitrogen and oxygen atoms in total. The lowest BCUT2D eigenvalue weighted by molar-refractivity contribution is 0.415. The topological polar surface area (TPSA) is 14.2 Å². The second-order valence-electron chi connectivity index (χ2n) is 11.4. The summed E-state index contributed by atoms with van der Waals surface area (Å²) in [5.41, 5.74) is 9.80. The van der Waals surface area contributed by atoms with E-state index < -0.39 is 0 Å². The summed E-state index contributed by atoms with van der Waals surface area (Å²) in [6.45, 7) is 2.14. The smallest absolute Gasteiger partial charge is 0.119 e. The average molecular weight is 586 g/mol. The molecule has 212 valence electrons. The van der Waals surface area contributed by atoms with Gasteiger partial charge in [0.15, 0.2) is 0 Å². The van der Waals surface area contributed by atoms with E-state index >= 15 is 0 Å². The van der Waals surface area contributed by atoms with Gasteiger partial charge in [-0.3, -0.25) is 0 Å². The summed E-state index contributed by atoms with van der Waals surface area (Å²) in [4.78, 5) is 1.25. The van der Waals surface area contributed by atoms with Crippen molar-refractivity contribution in [1.29, 1.82) is 0 Å². The number of ether oxygens (including phenoxy) is 1. The first-order valence-corrected chi connectivity index (χ1v) is 16.1. The number of aromatic nitrogens is 1. The minimum Gasteiger partial charge on any atom is -0.497 e. The Bertz CT molecular complexity index is 2230. The van der Waals surface area contributed by atoms with Crippen molar-refractivity contribution < 1.29 is 4.74 Å². The molecule has 0 radical (unpaired) electrons. The van der Waals surface area contributed by atoms with Crippen LogP contribution < -0.4 is 4.74 Å². The molecule has 1 heterocycles. The van der Waals surface area contributed by atoms with E-state index in [1.807, 2.05) is 0 Å². The van der Waals surface area contributed by atoms with Gasteiger partial charge in [-0.15, -0.1) is 11.8 Å². The second kappa shape index (κ2) is 10.6. The largest absolute Gasteiger partial charge is 0.497 e. The van der Waals surface area contributed by atoms with Gasteiger partial charge in [-0.1, -0.05) is 90.5 Å². The van der Waals surface area contributed by atoms with Crippen LogP contribution in [0.4, 0.5) is 0 Å². The van der Waals surface area contributed by atoms with Gasteiger partial charge in [0.05, 0.1) is 18.1 Å². The second-order valence-corrected chi connectivity index (χ2v) is 12.2. The van der Waals surface area contributed by atoms with Crippen LogP contribution in [-0.2, 0) is 0 Å². The number of hydrogen-bond acceptors (Lipinski definition) is 2. The first-order valence-electron chi connectivity index (χ1n) is 14.9. The van der Waals surface area contributed by atoms with Crippen LogP contribution in [0, 0.1) is 6.92 Å². The van der Waals surface area contributed by atoms with Crippen molar-refractivity contribution in [2.24, 2.45) is 0 Å². The van der Waals surface area contributed by atoms with Gasteiger partial charge < -0.3 is 9.30 Å². The van der Waals surface area contributed by atoms with E-state index in [9.17, 15) is 0 Å². The van der Waals surface area contributed by atoms with E-state index in [1.165, 1.54) is 76.1 Å². The fourth-order valence-corrected chi connectivity index (χ4v) is 7.20. The number of rotatable bonds is 5. The molecule has 8 rings (SSSR count). The summed E-state index contributed by atoms with van der Waals surface area (Å²) in [6.07, 6.45) is 2.13. The normalized spacial score (nSPS) is 11.6. The van der Waals surface area contributed by atoms with Gasteiger partial charge in [-0.05, 0) is 106 Å². The van der Waals surface area contributed by atoms with Gasteiger partial charge in [-0.25, -0.2) is 0 Å². The molecule has 3 heteroatoms. The van der Waals surface area contributed by atoms with Crippen LogP contribution >= 0.6 is 11.8 Å². The van der Waals surface area contributed by atoms with Crippen molar-refractivity contribution in [2.75, 3.05) is 13.4 Å². The number of nitrogens with zero attached hydrogens (tertiary/aromatic N) is 1. The minimum atomic E-state index is 0.870. The highest BCUT2D eigenvalue weighted by Crippen LogP contribution is 2.44. The molecule has 8 aromatic rings. The van der Waals surface area contributed by atoms with E-state index in [0.29, 0.717) is 0 Å². The Morgan fingerprint density at radius 1 is 0.523 bits per heavy atom. The Morgan fingerprint density at radius 2 is 1.02 bits per heavy atom. The standard InChI is InChI=1S/C41H31NOS/c1-26-12-14-27(15-13-26)40-32-8-4-6-10-34(32)41(35-11-7-5-9-33(35)40)28-16-18-29(19-17-28)42-38-22-20-30(43-2)24-36(38)37-25-31(44-3)21-23-39(37)42/h4-25H,1-3H3. The fourth-order valence-electron chi connectivity index (χ4n) is 6.76. The van der Waals surface area contributed by atoms with Crippen LogP contribution in [0.25, 0.3) is 71.3 Å². The lowest BCUT2D eigenvalue weighted by atomic mass is 9.86. The maximum Gasteiger partial charge on any atom is 0.119 e. The molecule has 44 heavy (non-hydrogen) atoms. The van der Waals surface area contributed by atoms with Gasteiger partial charge in [0.1, 0.15) is 5.75 Å².